The predicted octanol–water partition coefficient (Wildman–Crippen LogP) is 18.6. The minimum absolute atomic E-state index is 1.20. The van der Waals surface area contributed by atoms with E-state index < -0.39 is 0 Å². The molecule has 0 aliphatic heterocycles. The fourth-order valence-corrected chi connectivity index (χ4v) is 11.5. The van der Waals surface area contributed by atoms with Crippen LogP contribution in [0.15, 0.2) is 243 Å². The van der Waals surface area contributed by atoms with Crippen molar-refractivity contribution in [1.29, 1.82) is 0 Å². The lowest BCUT2D eigenvalue weighted by atomic mass is 9.80. The van der Waals surface area contributed by atoms with Crippen LogP contribution in [0.3, 0.4) is 0 Å². The quantitative estimate of drug-likeness (QED) is 0.146. The van der Waals surface area contributed by atoms with Crippen molar-refractivity contribution < 1.29 is 0 Å². The lowest BCUT2D eigenvalue weighted by molar-refractivity contribution is 1.58. The van der Waals surface area contributed by atoms with E-state index in [0.717, 1.165) is 0 Å². The molecule has 0 bridgehead atoms. The van der Waals surface area contributed by atoms with Gasteiger partial charge in [-0.15, -0.1) is 0 Å². The first-order chi connectivity index (χ1) is 32.8. The van der Waals surface area contributed by atoms with E-state index in [1.54, 1.807) is 0 Å². The van der Waals surface area contributed by atoms with Crippen molar-refractivity contribution in [2.24, 2.45) is 0 Å². The third-order valence-corrected chi connectivity index (χ3v) is 14.3. The molecule has 0 unspecified atom stereocenters. The highest BCUT2D eigenvalue weighted by Gasteiger charge is 2.28. The fourth-order valence-electron chi connectivity index (χ4n) is 11.5. The Morgan fingerprint density at radius 2 is 0.364 bits per heavy atom. The molecular formula is C66H40. The molecule has 14 aromatic rings. The Hall–Kier alpha value is -8.58. The van der Waals surface area contributed by atoms with Crippen LogP contribution in [0.4, 0.5) is 0 Å². The second-order valence-electron chi connectivity index (χ2n) is 17.9. The highest BCUT2D eigenvalue weighted by molar-refractivity contribution is 6.48. The van der Waals surface area contributed by atoms with Gasteiger partial charge < -0.3 is 0 Å². The van der Waals surface area contributed by atoms with Gasteiger partial charge >= 0.3 is 0 Å². The molecule has 0 radical (unpaired) electrons. The minimum Gasteiger partial charge on any atom is -0.0622 e. The van der Waals surface area contributed by atoms with Crippen LogP contribution in [0.1, 0.15) is 0 Å². The van der Waals surface area contributed by atoms with Gasteiger partial charge in [-0.3, -0.25) is 0 Å². The third-order valence-electron chi connectivity index (χ3n) is 14.3. The zero-order valence-electron chi connectivity index (χ0n) is 36.1. The summed E-state index contributed by atoms with van der Waals surface area (Å²) >= 11 is 0. The standard InChI is InChI=1S/C66H40/c1-5-19-41(20-6-1)45-35-46(42-21-7-2-8-22-42)38-49(37-45)59-63-55-29-15-13-27-51(55)53-31-18-34-58(61(53)63)66-60(64-56-30-16-14-28-52(56)54-32-17-33-57(62(54)64)65(59)66)50-39-47(43-23-9-3-10-24-43)36-48(40-50)44-25-11-4-12-26-44/h1-40H. The summed E-state index contributed by atoms with van der Waals surface area (Å²) in [6.07, 6.45) is 0. The van der Waals surface area contributed by atoms with Gasteiger partial charge in [0.05, 0.1) is 0 Å². The van der Waals surface area contributed by atoms with Gasteiger partial charge in [-0.2, -0.15) is 0 Å². The molecule has 66 heavy (non-hydrogen) atoms. The van der Waals surface area contributed by atoms with Crippen molar-refractivity contribution in [3.63, 3.8) is 0 Å². The first kappa shape index (κ1) is 36.9. The van der Waals surface area contributed by atoms with Crippen LogP contribution in [0.5, 0.6) is 0 Å². The Morgan fingerprint density at radius 1 is 0.136 bits per heavy atom. The SMILES string of the molecule is c1ccc(-c2cc(-c3ccccc3)cc(-c3c4c5cccc6c7ccccc7c(c(-c7cc(-c8ccccc8)cc(-c8ccccc8)c7)c4c4cccc7c8ccccc8c3c74)c65)c2)cc1. The van der Waals surface area contributed by atoms with Crippen molar-refractivity contribution in [2.45, 2.75) is 0 Å². The first-order valence-corrected chi connectivity index (χ1v) is 23.0. The van der Waals surface area contributed by atoms with Gasteiger partial charge in [-0.05, 0) is 179 Å². The van der Waals surface area contributed by atoms with Gasteiger partial charge in [0.25, 0.3) is 0 Å². The van der Waals surface area contributed by atoms with E-state index in [9.17, 15) is 0 Å². The summed E-state index contributed by atoms with van der Waals surface area (Å²) in [6, 6.07) is 90.5. The molecule has 0 N–H and O–H groups in total. The molecule has 0 saturated carbocycles. The third kappa shape index (κ3) is 5.46. The summed E-state index contributed by atoms with van der Waals surface area (Å²) in [6.45, 7) is 0. The minimum atomic E-state index is 1.20. The van der Waals surface area contributed by atoms with Crippen molar-refractivity contribution in [2.75, 3.05) is 0 Å². The van der Waals surface area contributed by atoms with Gasteiger partial charge in [0, 0.05) is 0 Å². The molecule has 0 heteroatoms. The molecule has 0 fully saturated rings. The molecule has 14 rings (SSSR count). The van der Waals surface area contributed by atoms with E-state index in [2.05, 4.69) is 243 Å². The lowest BCUT2D eigenvalue weighted by Crippen LogP contribution is -1.94. The number of hydrogen-bond acceptors (Lipinski definition) is 0. The number of hydrogen-bond donors (Lipinski definition) is 0. The zero-order chi connectivity index (χ0) is 43.3. The van der Waals surface area contributed by atoms with Crippen LogP contribution in [0, 0.1) is 0 Å². The van der Waals surface area contributed by atoms with Crippen LogP contribution >= 0.6 is 0 Å². The monoisotopic (exact) mass is 832 g/mol. The highest BCUT2D eigenvalue weighted by atomic mass is 14.3. The molecule has 14 aromatic carbocycles. The van der Waals surface area contributed by atoms with Crippen LogP contribution in [-0.4, -0.2) is 0 Å². The molecule has 0 aliphatic rings. The molecule has 0 saturated heterocycles. The topological polar surface area (TPSA) is 0 Å². The van der Waals surface area contributed by atoms with Gasteiger partial charge in [0.1, 0.15) is 0 Å². The van der Waals surface area contributed by atoms with Crippen LogP contribution < -0.4 is 0 Å². The normalized spacial score (nSPS) is 11.9. The molecule has 0 nitrogen and oxygen atoms in total. The first-order valence-electron chi connectivity index (χ1n) is 23.0. The van der Waals surface area contributed by atoms with Crippen LogP contribution in [0.25, 0.3) is 142 Å². The van der Waals surface area contributed by atoms with Crippen LogP contribution in [-0.2, 0) is 0 Å². The van der Waals surface area contributed by atoms with Gasteiger partial charge in [-0.1, -0.05) is 206 Å². The number of benzene rings is 12. The summed E-state index contributed by atoms with van der Waals surface area (Å²) < 4.78 is 0. The maximum absolute atomic E-state index is 2.46. The summed E-state index contributed by atoms with van der Waals surface area (Å²) in [7, 11) is 0. The van der Waals surface area contributed by atoms with Gasteiger partial charge in [0.2, 0.25) is 0 Å². The fraction of sp³-hybridized carbons (Fsp3) is 0. The summed E-state index contributed by atoms with van der Waals surface area (Å²) in [5.41, 5.74) is 14.6. The second-order valence-corrected chi connectivity index (χ2v) is 17.9. The second kappa shape index (κ2) is 14.5. The van der Waals surface area contributed by atoms with Gasteiger partial charge in [-0.25, -0.2) is 0 Å². The maximum Gasteiger partial charge on any atom is -0.000717 e. The van der Waals surface area contributed by atoms with E-state index in [1.165, 1.54) is 142 Å². The van der Waals surface area contributed by atoms with Crippen molar-refractivity contribution in [3.05, 3.63) is 243 Å². The van der Waals surface area contributed by atoms with Gasteiger partial charge in [0.15, 0.2) is 0 Å². The molecular weight excluding hydrogens is 793 g/mol. The van der Waals surface area contributed by atoms with Crippen molar-refractivity contribution >= 4 is 75.4 Å². The number of fused-ring (bicyclic) bond motifs is 9. The van der Waals surface area contributed by atoms with E-state index in [-0.39, 0.29) is 0 Å². The largest absolute Gasteiger partial charge is 0.0622 e. The summed E-state index contributed by atoms with van der Waals surface area (Å²) in [4.78, 5) is 0. The molecule has 0 aromatic heterocycles. The Kier molecular flexibility index (Phi) is 8.08. The summed E-state index contributed by atoms with van der Waals surface area (Å²) in [5.74, 6) is 0. The van der Waals surface area contributed by atoms with E-state index in [4.69, 9.17) is 0 Å². The lowest BCUT2D eigenvalue weighted by Gasteiger charge is -2.22. The van der Waals surface area contributed by atoms with Crippen LogP contribution in [0.2, 0.25) is 0 Å². The van der Waals surface area contributed by atoms with E-state index >= 15 is 0 Å². The summed E-state index contributed by atoms with van der Waals surface area (Å²) in [5, 5.41) is 18.2. The van der Waals surface area contributed by atoms with Crippen molar-refractivity contribution in [3.8, 4) is 66.8 Å². The number of rotatable bonds is 6. The predicted molar refractivity (Wildman–Crippen MR) is 284 cm³/mol. The molecule has 304 valence electrons. The zero-order valence-corrected chi connectivity index (χ0v) is 36.1. The molecule has 0 spiro atoms. The highest BCUT2D eigenvalue weighted by Crippen LogP contribution is 2.56. The Labute approximate surface area is 383 Å². The smallest absolute Gasteiger partial charge is 0.000717 e. The van der Waals surface area contributed by atoms with E-state index in [0.29, 0.717) is 0 Å². The Bertz CT molecular complexity index is 3780. The maximum atomic E-state index is 2.46. The molecule has 0 atom stereocenters. The molecule has 0 heterocycles. The average molecular weight is 833 g/mol. The van der Waals surface area contributed by atoms with Crippen molar-refractivity contribution in [1.82, 2.24) is 0 Å². The molecule has 0 aliphatic carbocycles. The Balaban J connectivity index is 1.26. The Morgan fingerprint density at radius 3 is 0.697 bits per heavy atom. The van der Waals surface area contributed by atoms with E-state index in [1.807, 2.05) is 0 Å². The molecule has 0 amide bonds. The average Bonchev–Trinajstić information content (AvgIpc) is 3.92.